The first-order chi connectivity index (χ1) is 17.5. The Morgan fingerprint density at radius 2 is 1.58 bits per heavy atom. The van der Waals surface area contributed by atoms with Gasteiger partial charge in [0.05, 0.1) is 0 Å². The van der Waals surface area contributed by atoms with Crippen LogP contribution in [0.4, 0.5) is 11.4 Å². The van der Waals surface area contributed by atoms with Crippen LogP contribution in [0.2, 0.25) is 0 Å². The minimum Gasteiger partial charge on any atom is -0.369 e. The molecule has 2 fully saturated rings. The lowest BCUT2D eigenvalue weighted by atomic mass is 9.98. The lowest BCUT2D eigenvalue weighted by molar-refractivity contribution is -0.117. The molecule has 1 aliphatic carbocycles. The summed E-state index contributed by atoms with van der Waals surface area (Å²) in [6.45, 7) is 6.79. The molecule has 2 aliphatic rings. The largest absolute Gasteiger partial charge is 0.369 e. The molecule has 0 spiro atoms. The molecule has 1 aliphatic heterocycles. The van der Waals surface area contributed by atoms with Crippen LogP contribution >= 0.6 is 0 Å². The SMILES string of the molecule is Cc1ccc(NC(=O)C2CC2)cc1-c1ccc(C(=O)NCc2ccc(N3CCN(C)CC3)cc2)cc1. The van der Waals surface area contributed by atoms with Crippen molar-refractivity contribution in [1.82, 2.24) is 10.2 Å². The highest BCUT2D eigenvalue weighted by Crippen LogP contribution is 2.32. The maximum Gasteiger partial charge on any atom is 0.251 e. The molecule has 0 aromatic heterocycles. The molecule has 36 heavy (non-hydrogen) atoms. The van der Waals surface area contributed by atoms with Gasteiger partial charge in [-0.1, -0.05) is 30.3 Å². The fourth-order valence-corrected chi connectivity index (χ4v) is 4.58. The van der Waals surface area contributed by atoms with Crippen molar-refractivity contribution in [3.8, 4) is 11.1 Å². The van der Waals surface area contributed by atoms with Gasteiger partial charge in [-0.2, -0.15) is 0 Å². The molecule has 1 saturated carbocycles. The molecule has 0 unspecified atom stereocenters. The average Bonchev–Trinajstić information content (AvgIpc) is 3.75. The van der Waals surface area contributed by atoms with Crippen molar-refractivity contribution in [3.05, 3.63) is 83.4 Å². The maximum absolute atomic E-state index is 12.8. The van der Waals surface area contributed by atoms with E-state index in [0.29, 0.717) is 12.1 Å². The Morgan fingerprint density at radius 3 is 2.25 bits per heavy atom. The predicted octanol–water partition coefficient (Wildman–Crippen LogP) is 4.69. The van der Waals surface area contributed by atoms with E-state index in [0.717, 1.165) is 67.0 Å². The summed E-state index contributed by atoms with van der Waals surface area (Å²) in [6.07, 6.45) is 1.96. The van der Waals surface area contributed by atoms with E-state index in [1.165, 1.54) is 5.69 Å². The summed E-state index contributed by atoms with van der Waals surface area (Å²) in [5.41, 5.74) is 6.95. The minimum atomic E-state index is -0.0909. The van der Waals surface area contributed by atoms with Crippen LogP contribution in [0.3, 0.4) is 0 Å². The van der Waals surface area contributed by atoms with Gasteiger partial charge in [0.15, 0.2) is 0 Å². The molecule has 6 nitrogen and oxygen atoms in total. The van der Waals surface area contributed by atoms with E-state index in [-0.39, 0.29) is 17.7 Å². The first kappa shape index (κ1) is 24.1. The van der Waals surface area contributed by atoms with Crippen LogP contribution < -0.4 is 15.5 Å². The van der Waals surface area contributed by atoms with Crippen molar-refractivity contribution in [2.24, 2.45) is 5.92 Å². The molecule has 2 amide bonds. The molecule has 0 atom stereocenters. The number of rotatable bonds is 7. The molecule has 3 aromatic carbocycles. The second-order valence-electron chi connectivity index (χ2n) is 10.0. The van der Waals surface area contributed by atoms with Crippen LogP contribution in [0.5, 0.6) is 0 Å². The van der Waals surface area contributed by atoms with Crippen LogP contribution in [0.25, 0.3) is 11.1 Å². The van der Waals surface area contributed by atoms with Gasteiger partial charge in [-0.3, -0.25) is 9.59 Å². The first-order valence-corrected chi connectivity index (χ1v) is 12.8. The summed E-state index contributed by atoms with van der Waals surface area (Å²) in [4.78, 5) is 29.6. The average molecular weight is 483 g/mol. The molecular weight excluding hydrogens is 448 g/mol. The molecular formula is C30H34N4O2. The summed E-state index contributed by atoms with van der Waals surface area (Å²) in [5, 5.41) is 6.05. The van der Waals surface area contributed by atoms with E-state index in [2.05, 4.69) is 58.7 Å². The van der Waals surface area contributed by atoms with E-state index < -0.39 is 0 Å². The Kier molecular flexibility index (Phi) is 7.05. The molecule has 6 heteroatoms. The number of anilines is 2. The van der Waals surface area contributed by atoms with E-state index in [1.54, 1.807) is 0 Å². The fraction of sp³-hybridized carbons (Fsp3) is 0.333. The first-order valence-electron chi connectivity index (χ1n) is 12.8. The van der Waals surface area contributed by atoms with Crippen molar-refractivity contribution < 1.29 is 9.59 Å². The number of likely N-dealkylation sites (N-methyl/N-ethyl adjacent to an activating group) is 1. The summed E-state index contributed by atoms with van der Waals surface area (Å²) in [7, 11) is 2.16. The Morgan fingerprint density at radius 1 is 0.889 bits per heavy atom. The highest BCUT2D eigenvalue weighted by atomic mass is 16.2. The van der Waals surface area contributed by atoms with Crippen LogP contribution in [-0.2, 0) is 11.3 Å². The third kappa shape index (κ3) is 5.77. The molecule has 3 aromatic rings. The summed E-state index contributed by atoms with van der Waals surface area (Å²) in [5.74, 6) is 0.181. The highest BCUT2D eigenvalue weighted by molar-refractivity contribution is 5.96. The number of piperazine rings is 1. The van der Waals surface area contributed by atoms with Gasteiger partial charge in [0.1, 0.15) is 0 Å². The van der Waals surface area contributed by atoms with Gasteiger partial charge in [-0.25, -0.2) is 0 Å². The molecule has 2 N–H and O–H groups in total. The zero-order valence-corrected chi connectivity index (χ0v) is 21.1. The molecule has 0 radical (unpaired) electrons. The topological polar surface area (TPSA) is 64.7 Å². The van der Waals surface area contributed by atoms with Gasteiger partial charge in [-0.05, 0) is 85.5 Å². The van der Waals surface area contributed by atoms with E-state index in [4.69, 9.17) is 0 Å². The smallest absolute Gasteiger partial charge is 0.251 e. The maximum atomic E-state index is 12.8. The lowest BCUT2D eigenvalue weighted by Gasteiger charge is -2.34. The number of benzene rings is 3. The third-order valence-corrected chi connectivity index (χ3v) is 7.17. The van der Waals surface area contributed by atoms with Crippen LogP contribution in [0.1, 0.15) is 34.3 Å². The van der Waals surface area contributed by atoms with Crippen LogP contribution in [-0.4, -0.2) is 49.9 Å². The van der Waals surface area contributed by atoms with Gasteiger partial charge in [-0.15, -0.1) is 0 Å². The summed E-state index contributed by atoms with van der Waals surface area (Å²) < 4.78 is 0. The molecule has 5 rings (SSSR count). The number of hydrogen-bond acceptors (Lipinski definition) is 4. The standard InChI is InChI=1S/C30H34N4O2/c1-21-3-12-26(32-30(36)25-10-11-25)19-28(21)23-6-8-24(9-7-23)29(35)31-20-22-4-13-27(14-5-22)34-17-15-33(2)16-18-34/h3-9,12-14,19,25H,10-11,15-18,20H2,1-2H3,(H,31,35)(H,32,36). The fourth-order valence-electron chi connectivity index (χ4n) is 4.58. The molecule has 0 bridgehead atoms. The Bertz CT molecular complexity index is 1220. The van der Waals surface area contributed by atoms with Crippen molar-refractivity contribution in [2.75, 3.05) is 43.4 Å². The van der Waals surface area contributed by atoms with Crippen molar-refractivity contribution in [3.63, 3.8) is 0 Å². The van der Waals surface area contributed by atoms with Gasteiger partial charge < -0.3 is 20.4 Å². The number of nitrogens with zero attached hydrogens (tertiary/aromatic N) is 2. The number of hydrogen-bond donors (Lipinski definition) is 2. The number of carbonyl (C=O) groups is 2. The Balaban J connectivity index is 1.18. The van der Waals surface area contributed by atoms with Gasteiger partial charge >= 0.3 is 0 Å². The number of nitrogens with one attached hydrogen (secondary N) is 2. The normalized spacial score (nSPS) is 16.0. The van der Waals surface area contributed by atoms with Gasteiger partial charge in [0.25, 0.3) is 5.91 Å². The second kappa shape index (κ2) is 10.5. The van der Waals surface area contributed by atoms with Crippen LogP contribution in [0.15, 0.2) is 66.7 Å². The van der Waals surface area contributed by atoms with Crippen LogP contribution in [0, 0.1) is 12.8 Å². The van der Waals surface area contributed by atoms with Gasteiger partial charge in [0.2, 0.25) is 5.91 Å². The Labute approximate surface area is 213 Å². The predicted molar refractivity (Wildman–Crippen MR) is 145 cm³/mol. The summed E-state index contributed by atoms with van der Waals surface area (Å²) in [6, 6.07) is 22.1. The number of aryl methyl sites for hydroxylation is 1. The number of amides is 2. The quantitative estimate of drug-likeness (QED) is 0.513. The monoisotopic (exact) mass is 482 g/mol. The highest BCUT2D eigenvalue weighted by Gasteiger charge is 2.29. The van der Waals surface area contributed by atoms with E-state index >= 15 is 0 Å². The zero-order valence-electron chi connectivity index (χ0n) is 21.1. The minimum absolute atomic E-state index is 0.0909. The van der Waals surface area contributed by atoms with E-state index in [9.17, 15) is 9.59 Å². The van der Waals surface area contributed by atoms with Crippen molar-refractivity contribution >= 4 is 23.2 Å². The molecule has 186 valence electrons. The second-order valence-corrected chi connectivity index (χ2v) is 10.0. The van der Waals surface area contributed by atoms with Crippen molar-refractivity contribution in [2.45, 2.75) is 26.3 Å². The number of carbonyl (C=O) groups excluding carboxylic acids is 2. The Hall–Kier alpha value is -3.64. The zero-order chi connectivity index (χ0) is 25.1. The lowest BCUT2D eigenvalue weighted by Crippen LogP contribution is -2.44. The molecule has 1 heterocycles. The van der Waals surface area contributed by atoms with E-state index in [1.807, 2.05) is 42.5 Å². The molecule has 1 saturated heterocycles. The van der Waals surface area contributed by atoms with Gasteiger partial charge in [0, 0.05) is 55.6 Å². The summed E-state index contributed by atoms with van der Waals surface area (Å²) >= 11 is 0. The third-order valence-electron chi connectivity index (χ3n) is 7.17. The van der Waals surface area contributed by atoms with Crippen molar-refractivity contribution in [1.29, 1.82) is 0 Å².